The highest BCUT2D eigenvalue weighted by Crippen LogP contribution is 2.27. The van der Waals surface area contributed by atoms with E-state index in [0.29, 0.717) is 22.7 Å². The molecule has 7 heteroatoms. The van der Waals surface area contributed by atoms with Gasteiger partial charge in [-0.3, -0.25) is 0 Å². The van der Waals surface area contributed by atoms with Crippen LogP contribution in [0.4, 0.5) is 5.69 Å². The van der Waals surface area contributed by atoms with Crippen LogP contribution in [-0.4, -0.2) is 22.7 Å². The second kappa shape index (κ2) is 6.28. The number of benzene rings is 2. The van der Waals surface area contributed by atoms with Gasteiger partial charge in [0.2, 0.25) is 5.89 Å². The highest BCUT2D eigenvalue weighted by atomic mass is 16.7. The Morgan fingerprint density at radius 3 is 2.41 bits per heavy atom. The van der Waals surface area contributed by atoms with Gasteiger partial charge in [0.25, 0.3) is 5.79 Å². The Bertz CT molecular complexity index is 1040. The summed E-state index contributed by atoms with van der Waals surface area (Å²) in [5.74, 6) is -2.23. The first-order chi connectivity index (χ1) is 12.9. The molecule has 2 aromatic carbocycles. The zero-order chi connectivity index (χ0) is 19.0. The highest BCUT2D eigenvalue weighted by Gasteiger charge is 2.38. The molecule has 3 aromatic rings. The van der Waals surface area contributed by atoms with Crippen molar-refractivity contribution in [3.8, 4) is 11.5 Å². The summed E-state index contributed by atoms with van der Waals surface area (Å²) in [6.07, 6.45) is 1.26. The third-order valence-electron chi connectivity index (χ3n) is 3.91. The van der Waals surface area contributed by atoms with Crippen LogP contribution in [0.25, 0.3) is 22.6 Å². The fraction of sp³-hybridized carbons (Fsp3) is 0.150. The largest absolute Gasteiger partial charge is 0.436 e. The minimum Gasteiger partial charge on any atom is -0.436 e. The van der Waals surface area contributed by atoms with Gasteiger partial charge in [-0.25, -0.2) is 14.6 Å². The number of cyclic esters (lactones) is 2. The summed E-state index contributed by atoms with van der Waals surface area (Å²) in [7, 11) is 0. The second-order valence-corrected chi connectivity index (χ2v) is 6.45. The maximum absolute atomic E-state index is 12.0. The average Bonchev–Trinajstić information content (AvgIpc) is 3.04. The van der Waals surface area contributed by atoms with Gasteiger partial charge in [0.15, 0.2) is 11.2 Å². The van der Waals surface area contributed by atoms with Gasteiger partial charge in [0, 0.05) is 31.3 Å². The molecule has 0 saturated carbocycles. The number of nitrogens with zero attached hydrogens (tertiary/aromatic N) is 1. The normalized spacial score (nSPS) is 16.0. The van der Waals surface area contributed by atoms with E-state index in [0.717, 1.165) is 5.56 Å². The maximum atomic E-state index is 12.0. The van der Waals surface area contributed by atoms with Crippen molar-refractivity contribution in [3.05, 3.63) is 60.3 Å². The number of esters is 2. The van der Waals surface area contributed by atoms with E-state index in [1.807, 2.05) is 30.3 Å². The minimum absolute atomic E-state index is 0.209. The summed E-state index contributed by atoms with van der Waals surface area (Å²) in [5.41, 5.74) is 2.58. The van der Waals surface area contributed by atoms with Crippen molar-refractivity contribution in [2.45, 2.75) is 19.6 Å². The average molecular weight is 364 g/mol. The number of rotatable bonds is 3. The van der Waals surface area contributed by atoms with Gasteiger partial charge in [-0.15, -0.1) is 0 Å². The molecule has 136 valence electrons. The molecular formula is C20H16N2O5. The fourth-order valence-electron chi connectivity index (χ4n) is 2.66. The Morgan fingerprint density at radius 2 is 1.70 bits per heavy atom. The van der Waals surface area contributed by atoms with Gasteiger partial charge in [0.1, 0.15) is 5.52 Å². The van der Waals surface area contributed by atoms with Crippen molar-refractivity contribution < 1.29 is 23.5 Å². The molecule has 4 rings (SSSR count). The van der Waals surface area contributed by atoms with Gasteiger partial charge >= 0.3 is 11.9 Å². The highest BCUT2D eigenvalue weighted by molar-refractivity contribution is 6.15. The van der Waals surface area contributed by atoms with Crippen LogP contribution in [0.5, 0.6) is 0 Å². The van der Waals surface area contributed by atoms with Crippen LogP contribution >= 0.6 is 0 Å². The Balaban J connectivity index is 1.58. The molecule has 0 unspecified atom stereocenters. The van der Waals surface area contributed by atoms with E-state index in [9.17, 15) is 9.59 Å². The van der Waals surface area contributed by atoms with Crippen molar-refractivity contribution in [2.24, 2.45) is 0 Å². The molecule has 1 aliphatic rings. The number of oxazole rings is 1. The zero-order valence-electron chi connectivity index (χ0n) is 14.7. The Morgan fingerprint density at radius 1 is 1.00 bits per heavy atom. The first-order valence-corrected chi connectivity index (χ1v) is 8.31. The van der Waals surface area contributed by atoms with Crippen LogP contribution in [0, 0.1) is 0 Å². The third-order valence-corrected chi connectivity index (χ3v) is 3.91. The number of hydrogen-bond donors (Lipinski definition) is 1. The molecule has 1 N–H and O–H groups in total. The molecule has 1 saturated heterocycles. The number of aromatic nitrogens is 1. The van der Waals surface area contributed by atoms with Crippen molar-refractivity contribution in [3.63, 3.8) is 0 Å². The van der Waals surface area contributed by atoms with Crippen LogP contribution < -0.4 is 5.32 Å². The molecule has 1 aliphatic heterocycles. The van der Waals surface area contributed by atoms with Gasteiger partial charge in [-0.1, -0.05) is 18.2 Å². The smallest absolute Gasteiger partial charge is 0.350 e. The van der Waals surface area contributed by atoms with Gasteiger partial charge in [-0.2, -0.15) is 0 Å². The molecular weight excluding hydrogens is 348 g/mol. The van der Waals surface area contributed by atoms with Crippen molar-refractivity contribution >= 4 is 28.7 Å². The standard InChI is InChI=1S/C20H16N2O5/c1-20(2)26-18(23)14(19(24)27-20)11-21-13-8-9-16-15(10-13)22-17(25-16)12-6-4-3-5-7-12/h3-11,21H,1-2H3. The fourth-order valence-corrected chi connectivity index (χ4v) is 2.66. The molecule has 27 heavy (non-hydrogen) atoms. The number of anilines is 1. The molecule has 1 aromatic heterocycles. The quantitative estimate of drug-likeness (QED) is 0.431. The summed E-state index contributed by atoms with van der Waals surface area (Å²) < 4.78 is 15.9. The number of carbonyl (C=O) groups excluding carboxylic acids is 2. The molecule has 0 amide bonds. The van der Waals surface area contributed by atoms with E-state index in [1.54, 1.807) is 18.2 Å². The van der Waals surface area contributed by atoms with Crippen LogP contribution in [0.3, 0.4) is 0 Å². The van der Waals surface area contributed by atoms with Crippen LogP contribution in [-0.2, 0) is 19.1 Å². The third kappa shape index (κ3) is 3.39. The van der Waals surface area contributed by atoms with Crippen LogP contribution in [0.15, 0.2) is 64.7 Å². The molecule has 0 radical (unpaired) electrons. The van der Waals surface area contributed by atoms with Crippen molar-refractivity contribution in [1.82, 2.24) is 4.98 Å². The molecule has 1 fully saturated rings. The summed E-state index contributed by atoms with van der Waals surface area (Å²) >= 11 is 0. The van der Waals surface area contributed by atoms with E-state index in [1.165, 1.54) is 20.0 Å². The lowest BCUT2D eigenvalue weighted by Crippen LogP contribution is -2.42. The molecule has 0 atom stereocenters. The molecule has 0 spiro atoms. The Labute approximate surface area is 154 Å². The number of carbonyl (C=O) groups is 2. The lowest BCUT2D eigenvalue weighted by Gasteiger charge is -2.29. The monoisotopic (exact) mass is 364 g/mol. The predicted octanol–water partition coefficient (Wildman–Crippen LogP) is 3.63. The first kappa shape index (κ1) is 16.8. The summed E-state index contributed by atoms with van der Waals surface area (Å²) in [5, 5.41) is 2.90. The maximum Gasteiger partial charge on any atom is 0.350 e. The molecule has 7 nitrogen and oxygen atoms in total. The van der Waals surface area contributed by atoms with E-state index in [4.69, 9.17) is 13.9 Å². The number of nitrogens with one attached hydrogen (secondary N) is 1. The molecule has 2 heterocycles. The van der Waals surface area contributed by atoms with Gasteiger partial charge in [0.05, 0.1) is 0 Å². The van der Waals surface area contributed by atoms with E-state index >= 15 is 0 Å². The van der Waals surface area contributed by atoms with Crippen LogP contribution in [0.1, 0.15) is 13.8 Å². The lowest BCUT2D eigenvalue weighted by atomic mass is 10.2. The van der Waals surface area contributed by atoms with E-state index in [-0.39, 0.29) is 5.57 Å². The zero-order valence-corrected chi connectivity index (χ0v) is 14.7. The van der Waals surface area contributed by atoms with Crippen molar-refractivity contribution in [2.75, 3.05) is 5.32 Å². The van der Waals surface area contributed by atoms with Gasteiger partial charge < -0.3 is 19.2 Å². The number of hydrogen-bond acceptors (Lipinski definition) is 7. The van der Waals surface area contributed by atoms with E-state index in [2.05, 4.69) is 10.3 Å². The topological polar surface area (TPSA) is 90.7 Å². The first-order valence-electron chi connectivity index (χ1n) is 8.31. The minimum atomic E-state index is -1.26. The van der Waals surface area contributed by atoms with Crippen LogP contribution in [0.2, 0.25) is 0 Å². The predicted molar refractivity (Wildman–Crippen MR) is 97.4 cm³/mol. The number of fused-ring (bicyclic) bond motifs is 1. The summed E-state index contributed by atoms with van der Waals surface area (Å²) in [4.78, 5) is 28.4. The SMILES string of the molecule is CC1(C)OC(=O)C(=CNc2ccc3oc(-c4ccccc4)nc3c2)C(=O)O1. The molecule has 0 aliphatic carbocycles. The Hall–Kier alpha value is -3.61. The summed E-state index contributed by atoms with van der Waals surface area (Å²) in [6, 6.07) is 14.8. The second-order valence-electron chi connectivity index (χ2n) is 6.45. The van der Waals surface area contributed by atoms with Gasteiger partial charge in [-0.05, 0) is 30.3 Å². The number of ether oxygens (including phenoxy) is 2. The van der Waals surface area contributed by atoms with E-state index < -0.39 is 17.7 Å². The van der Waals surface area contributed by atoms with Crippen molar-refractivity contribution in [1.29, 1.82) is 0 Å². The Kier molecular flexibility index (Phi) is 3.92. The molecule has 0 bridgehead atoms. The summed E-state index contributed by atoms with van der Waals surface area (Å²) in [6.45, 7) is 2.99. The lowest BCUT2D eigenvalue weighted by molar-refractivity contribution is -0.222.